The molecule has 3 rings (SSSR count). The van der Waals surface area contributed by atoms with E-state index in [1.54, 1.807) is 0 Å². The Morgan fingerprint density at radius 1 is 0.810 bits per heavy atom. The van der Waals surface area contributed by atoms with Gasteiger partial charge in [-0.05, 0) is 31.2 Å². The number of rotatable bonds is 2. The number of para-hydroxylation sites is 1. The molecule has 2 aromatic rings. The molecule has 1 aliphatic heterocycles. The Morgan fingerprint density at radius 2 is 1.38 bits per heavy atom. The number of nitrogens with zero attached hydrogens (tertiary/aromatic N) is 3. The van der Waals surface area contributed by atoms with Gasteiger partial charge in [-0.1, -0.05) is 18.2 Å². The van der Waals surface area contributed by atoms with E-state index in [4.69, 9.17) is 0 Å². The molecular weight excluding hydrogens is 305 g/mol. The van der Waals surface area contributed by atoms with Gasteiger partial charge in [-0.2, -0.15) is 0 Å². The standard InChI is InChI=1S/C16H19N3.2ClH/c1-14-13-16(7-8-17-14)19-11-9-18(10-12-19)15-5-3-2-4-6-15;;/h2-8,13H,9-12H2,1H3;2*1H. The minimum Gasteiger partial charge on any atom is -0.368 e. The first kappa shape index (κ1) is 17.6. The van der Waals surface area contributed by atoms with Gasteiger partial charge < -0.3 is 9.80 Å². The number of aryl methyl sites for hydroxylation is 1. The first-order chi connectivity index (χ1) is 9.33. The van der Waals surface area contributed by atoms with Crippen molar-refractivity contribution in [2.45, 2.75) is 6.92 Å². The predicted octanol–water partition coefficient (Wildman–Crippen LogP) is 3.56. The summed E-state index contributed by atoms with van der Waals surface area (Å²) in [6.07, 6.45) is 1.90. The van der Waals surface area contributed by atoms with E-state index in [1.807, 2.05) is 13.1 Å². The lowest BCUT2D eigenvalue weighted by molar-refractivity contribution is 0.653. The van der Waals surface area contributed by atoms with Crippen molar-refractivity contribution in [1.82, 2.24) is 4.98 Å². The van der Waals surface area contributed by atoms with Crippen molar-refractivity contribution in [3.05, 3.63) is 54.4 Å². The number of anilines is 2. The van der Waals surface area contributed by atoms with E-state index >= 15 is 0 Å². The van der Waals surface area contributed by atoms with Gasteiger partial charge in [0, 0.05) is 49.4 Å². The fourth-order valence-corrected chi connectivity index (χ4v) is 2.59. The van der Waals surface area contributed by atoms with Crippen LogP contribution in [-0.2, 0) is 0 Å². The number of piperazine rings is 1. The smallest absolute Gasteiger partial charge is 0.0401 e. The Kier molecular flexibility index (Phi) is 6.79. The van der Waals surface area contributed by atoms with E-state index in [0.717, 1.165) is 31.9 Å². The lowest BCUT2D eigenvalue weighted by Crippen LogP contribution is -2.46. The molecule has 0 radical (unpaired) electrons. The Labute approximate surface area is 138 Å². The summed E-state index contributed by atoms with van der Waals surface area (Å²) >= 11 is 0. The zero-order valence-corrected chi connectivity index (χ0v) is 13.7. The highest BCUT2D eigenvalue weighted by Crippen LogP contribution is 2.20. The summed E-state index contributed by atoms with van der Waals surface area (Å²) in [5, 5.41) is 0. The van der Waals surface area contributed by atoms with Gasteiger partial charge in [0.2, 0.25) is 0 Å². The summed E-state index contributed by atoms with van der Waals surface area (Å²) in [6, 6.07) is 14.9. The molecule has 0 unspecified atom stereocenters. The second-order valence-electron chi connectivity index (χ2n) is 4.97. The normalized spacial score (nSPS) is 14.1. The summed E-state index contributed by atoms with van der Waals surface area (Å²) in [5.74, 6) is 0. The summed E-state index contributed by atoms with van der Waals surface area (Å²) < 4.78 is 0. The highest BCUT2D eigenvalue weighted by Gasteiger charge is 2.17. The minimum atomic E-state index is 0. The van der Waals surface area contributed by atoms with Gasteiger partial charge in [-0.3, -0.25) is 4.98 Å². The largest absolute Gasteiger partial charge is 0.368 e. The first-order valence-corrected chi connectivity index (χ1v) is 6.80. The topological polar surface area (TPSA) is 19.4 Å². The first-order valence-electron chi connectivity index (χ1n) is 6.80. The Morgan fingerprint density at radius 3 is 1.95 bits per heavy atom. The summed E-state index contributed by atoms with van der Waals surface area (Å²) in [5.41, 5.74) is 3.70. The van der Waals surface area contributed by atoms with Crippen molar-refractivity contribution in [1.29, 1.82) is 0 Å². The number of aromatic nitrogens is 1. The van der Waals surface area contributed by atoms with Gasteiger partial charge in [0.25, 0.3) is 0 Å². The fraction of sp³-hybridized carbons (Fsp3) is 0.312. The molecular formula is C16H21Cl2N3. The summed E-state index contributed by atoms with van der Waals surface area (Å²) in [7, 11) is 0. The van der Waals surface area contributed by atoms with Gasteiger partial charge in [0.05, 0.1) is 0 Å². The molecule has 0 bridgehead atoms. The van der Waals surface area contributed by atoms with Crippen LogP contribution in [0.25, 0.3) is 0 Å². The molecule has 1 saturated heterocycles. The van der Waals surface area contributed by atoms with Crippen LogP contribution in [0.2, 0.25) is 0 Å². The molecule has 0 saturated carbocycles. The monoisotopic (exact) mass is 325 g/mol. The number of hydrogen-bond donors (Lipinski definition) is 0. The van der Waals surface area contributed by atoms with Gasteiger partial charge in [0.1, 0.15) is 0 Å². The fourth-order valence-electron chi connectivity index (χ4n) is 2.59. The average molecular weight is 326 g/mol. The van der Waals surface area contributed by atoms with Crippen molar-refractivity contribution in [3.63, 3.8) is 0 Å². The third kappa shape index (κ3) is 4.26. The highest BCUT2D eigenvalue weighted by molar-refractivity contribution is 5.85. The Balaban J connectivity index is 0.00000110. The number of halogens is 2. The molecule has 1 aliphatic rings. The molecule has 2 heterocycles. The molecule has 5 heteroatoms. The second-order valence-corrected chi connectivity index (χ2v) is 4.97. The Bertz CT molecular complexity index is 540. The van der Waals surface area contributed by atoms with Crippen molar-refractivity contribution >= 4 is 36.2 Å². The third-order valence-electron chi connectivity index (χ3n) is 3.65. The van der Waals surface area contributed by atoms with Crippen molar-refractivity contribution in [2.24, 2.45) is 0 Å². The van der Waals surface area contributed by atoms with Crippen LogP contribution in [0.3, 0.4) is 0 Å². The van der Waals surface area contributed by atoms with Gasteiger partial charge in [-0.15, -0.1) is 24.8 Å². The van der Waals surface area contributed by atoms with Crippen LogP contribution in [0, 0.1) is 6.92 Å². The maximum absolute atomic E-state index is 4.26. The van der Waals surface area contributed by atoms with E-state index in [1.165, 1.54) is 11.4 Å². The molecule has 114 valence electrons. The van der Waals surface area contributed by atoms with E-state index < -0.39 is 0 Å². The van der Waals surface area contributed by atoms with Crippen LogP contribution in [-0.4, -0.2) is 31.2 Å². The van der Waals surface area contributed by atoms with Crippen LogP contribution in [0.1, 0.15) is 5.69 Å². The van der Waals surface area contributed by atoms with Crippen LogP contribution in [0.5, 0.6) is 0 Å². The molecule has 0 amide bonds. The third-order valence-corrected chi connectivity index (χ3v) is 3.65. The van der Waals surface area contributed by atoms with Crippen LogP contribution < -0.4 is 9.80 Å². The predicted molar refractivity (Wildman–Crippen MR) is 94.3 cm³/mol. The molecule has 1 aromatic heterocycles. The van der Waals surface area contributed by atoms with Crippen LogP contribution in [0.4, 0.5) is 11.4 Å². The molecule has 0 N–H and O–H groups in total. The number of pyridine rings is 1. The molecule has 0 aliphatic carbocycles. The van der Waals surface area contributed by atoms with Crippen LogP contribution >= 0.6 is 24.8 Å². The lowest BCUT2D eigenvalue weighted by Gasteiger charge is -2.37. The second kappa shape index (κ2) is 8.11. The quantitative estimate of drug-likeness (QED) is 0.841. The number of benzene rings is 1. The van der Waals surface area contributed by atoms with Crippen molar-refractivity contribution in [2.75, 3.05) is 36.0 Å². The molecule has 1 fully saturated rings. The van der Waals surface area contributed by atoms with Crippen molar-refractivity contribution < 1.29 is 0 Å². The Hall–Kier alpha value is -1.45. The van der Waals surface area contributed by atoms with E-state index in [0.29, 0.717) is 0 Å². The zero-order valence-electron chi connectivity index (χ0n) is 12.1. The van der Waals surface area contributed by atoms with Gasteiger partial charge in [0.15, 0.2) is 0 Å². The number of hydrogen-bond acceptors (Lipinski definition) is 3. The average Bonchev–Trinajstić information content (AvgIpc) is 2.48. The minimum absolute atomic E-state index is 0. The van der Waals surface area contributed by atoms with Crippen molar-refractivity contribution in [3.8, 4) is 0 Å². The van der Waals surface area contributed by atoms with E-state index in [2.05, 4.69) is 57.2 Å². The molecule has 21 heavy (non-hydrogen) atoms. The summed E-state index contributed by atoms with van der Waals surface area (Å²) in [6.45, 7) is 6.33. The summed E-state index contributed by atoms with van der Waals surface area (Å²) in [4.78, 5) is 9.15. The lowest BCUT2D eigenvalue weighted by atomic mass is 10.2. The molecule has 0 atom stereocenters. The molecule has 0 spiro atoms. The SMILES string of the molecule is Cc1cc(N2CCN(c3ccccc3)CC2)ccn1.Cl.Cl. The van der Waals surface area contributed by atoms with Gasteiger partial charge in [-0.25, -0.2) is 0 Å². The van der Waals surface area contributed by atoms with Crippen LogP contribution in [0.15, 0.2) is 48.7 Å². The van der Waals surface area contributed by atoms with E-state index in [9.17, 15) is 0 Å². The maximum Gasteiger partial charge on any atom is 0.0401 e. The maximum atomic E-state index is 4.26. The van der Waals surface area contributed by atoms with Gasteiger partial charge >= 0.3 is 0 Å². The zero-order chi connectivity index (χ0) is 13.1. The molecule has 1 aromatic carbocycles. The highest BCUT2D eigenvalue weighted by atomic mass is 35.5. The van der Waals surface area contributed by atoms with E-state index in [-0.39, 0.29) is 24.8 Å². The molecule has 3 nitrogen and oxygen atoms in total.